The van der Waals surface area contributed by atoms with Crippen LogP contribution in [0.1, 0.15) is 23.7 Å². The summed E-state index contributed by atoms with van der Waals surface area (Å²) in [5.41, 5.74) is 10.3. The summed E-state index contributed by atoms with van der Waals surface area (Å²) in [4.78, 5) is 25.6. The van der Waals surface area contributed by atoms with Crippen molar-refractivity contribution in [1.29, 1.82) is 0 Å². The number of carbonyl (C=O) groups is 1. The van der Waals surface area contributed by atoms with Crippen molar-refractivity contribution in [2.45, 2.75) is 26.7 Å². The predicted octanol–water partition coefficient (Wildman–Crippen LogP) is 7.01. The molecule has 0 aliphatic carbocycles. The summed E-state index contributed by atoms with van der Waals surface area (Å²) in [5, 5.41) is 11.9. The summed E-state index contributed by atoms with van der Waals surface area (Å²) < 4.78 is 1.99. The van der Waals surface area contributed by atoms with E-state index in [4.69, 9.17) is 4.98 Å². The Labute approximate surface area is 242 Å². The van der Waals surface area contributed by atoms with Gasteiger partial charge in [0.2, 0.25) is 5.91 Å². The fourth-order valence-electron chi connectivity index (χ4n) is 5.39. The van der Waals surface area contributed by atoms with Crippen molar-refractivity contribution in [3.63, 3.8) is 0 Å². The minimum absolute atomic E-state index is 0.0388. The zero-order chi connectivity index (χ0) is 28.6. The summed E-state index contributed by atoms with van der Waals surface area (Å²) >= 11 is 0. The normalized spacial score (nSPS) is 11.4. The summed E-state index contributed by atoms with van der Waals surface area (Å²) in [7, 11) is 0. The van der Waals surface area contributed by atoms with Gasteiger partial charge in [-0.15, -0.1) is 0 Å². The number of para-hydroxylation sites is 1. The number of carbonyl (C=O) groups excluding carboxylic acids is 1. The average Bonchev–Trinajstić information content (AvgIpc) is 3.74. The maximum Gasteiger partial charge on any atom is 0.228 e. The zero-order valence-corrected chi connectivity index (χ0v) is 23.3. The minimum Gasteiger partial charge on any atom is -0.336 e. The van der Waals surface area contributed by atoms with Gasteiger partial charge in [-0.05, 0) is 72.0 Å². The number of aromatic nitrogens is 6. The monoisotopic (exact) mass is 551 g/mol. The van der Waals surface area contributed by atoms with Crippen LogP contribution in [0.4, 0.5) is 5.69 Å². The number of imidazole rings is 2. The number of benzene rings is 4. The molecule has 0 saturated carbocycles. The summed E-state index contributed by atoms with van der Waals surface area (Å²) in [6, 6.07) is 28.3. The number of anilines is 1. The highest BCUT2D eigenvalue weighted by atomic mass is 16.1. The van der Waals surface area contributed by atoms with Crippen LogP contribution in [0.25, 0.3) is 50.3 Å². The van der Waals surface area contributed by atoms with Crippen molar-refractivity contribution < 1.29 is 4.79 Å². The summed E-state index contributed by atoms with van der Waals surface area (Å²) in [5.74, 6) is 0.650. The third-order valence-electron chi connectivity index (χ3n) is 7.49. The number of nitrogens with one attached hydrogen (secondary N) is 3. The summed E-state index contributed by atoms with van der Waals surface area (Å²) in [6.45, 7) is 4.09. The van der Waals surface area contributed by atoms with Crippen LogP contribution in [0.5, 0.6) is 0 Å². The van der Waals surface area contributed by atoms with Crippen molar-refractivity contribution in [1.82, 2.24) is 29.7 Å². The topological polar surface area (TPSA) is 104 Å². The van der Waals surface area contributed by atoms with E-state index in [1.54, 1.807) is 6.33 Å². The maximum atomic E-state index is 12.8. The first-order valence-corrected chi connectivity index (χ1v) is 14.0. The van der Waals surface area contributed by atoms with Gasteiger partial charge in [0.05, 0.1) is 35.2 Å². The van der Waals surface area contributed by atoms with Crippen molar-refractivity contribution >= 4 is 33.5 Å². The lowest BCUT2D eigenvalue weighted by Gasteiger charge is -2.11. The van der Waals surface area contributed by atoms with Gasteiger partial charge in [-0.2, -0.15) is 5.10 Å². The maximum absolute atomic E-state index is 12.8. The Kier molecular flexibility index (Phi) is 6.35. The highest BCUT2D eigenvalue weighted by Crippen LogP contribution is 2.33. The van der Waals surface area contributed by atoms with Gasteiger partial charge in [0.15, 0.2) is 5.82 Å². The van der Waals surface area contributed by atoms with Crippen LogP contribution in [-0.2, 0) is 17.6 Å². The number of H-pyrrole nitrogens is 2. The fraction of sp³-hybridized carbons (Fsp3) is 0.118. The third-order valence-corrected chi connectivity index (χ3v) is 7.49. The largest absolute Gasteiger partial charge is 0.336 e. The molecule has 8 heteroatoms. The molecule has 3 aromatic heterocycles. The lowest BCUT2D eigenvalue weighted by Crippen LogP contribution is -2.14. The molecule has 0 aliphatic heterocycles. The Morgan fingerprint density at radius 1 is 0.905 bits per heavy atom. The van der Waals surface area contributed by atoms with E-state index >= 15 is 0 Å². The number of hydrogen-bond acceptors (Lipinski definition) is 4. The Morgan fingerprint density at radius 2 is 1.79 bits per heavy atom. The van der Waals surface area contributed by atoms with E-state index in [-0.39, 0.29) is 5.91 Å². The molecule has 0 radical (unpaired) electrons. The average molecular weight is 552 g/mol. The van der Waals surface area contributed by atoms with E-state index in [0.29, 0.717) is 12.2 Å². The Hall–Kier alpha value is -5.50. The number of amides is 1. The van der Waals surface area contributed by atoms with Crippen LogP contribution >= 0.6 is 0 Å². The van der Waals surface area contributed by atoms with E-state index in [2.05, 4.69) is 50.6 Å². The van der Waals surface area contributed by atoms with Crippen LogP contribution in [0.15, 0.2) is 97.5 Å². The molecule has 206 valence electrons. The van der Waals surface area contributed by atoms with Crippen molar-refractivity contribution in [2.24, 2.45) is 0 Å². The highest BCUT2D eigenvalue weighted by molar-refractivity contribution is 5.97. The standard InChI is InChI=1S/C34H29N7O/c1-3-22-14-25(17-26(15-22)36-31(42)16-23-8-5-4-6-9-23)24-12-13-28-27(18-24)32(40-39-28)34-37-29-10-7-11-30(33(29)38-34)41-19-21(2)35-20-41/h4-15,17-20H,3,16H2,1-2H3,(H,36,42)(H,37,38)(H,39,40). The van der Waals surface area contributed by atoms with Crippen LogP contribution < -0.4 is 5.32 Å². The van der Waals surface area contributed by atoms with Crippen molar-refractivity contribution in [3.05, 3.63) is 114 Å². The molecule has 1 amide bonds. The summed E-state index contributed by atoms with van der Waals surface area (Å²) in [6.07, 6.45) is 4.97. The molecule has 7 rings (SSSR count). The molecule has 0 unspecified atom stereocenters. The van der Waals surface area contributed by atoms with E-state index in [1.807, 2.05) is 84.4 Å². The molecule has 7 aromatic rings. The lowest BCUT2D eigenvalue weighted by molar-refractivity contribution is -0.115. The van der Waals surface area contributed by atoms with Crippen LogP contribution in [0.3, 0.4) is 0 Å². The van der Waals surface area contributed by atoms with E-state index in [9.17, 15) is 4.79 Å². The van der Waals surface area contributed by atoms with E-state index < -0.39 is 0 Å². The second-order valence-corrected chi connectivity index (χ2v) is 10.5. The Bertz CT molecular complexity index is 2070. The zero-order valence-electron chi connectivity index (χ0n) is 23.3. The molecule has 0 aliphatic rings. The number of nitrogens with zero attached hydrogens (tertiary/aromatic N) is 4. The number of hydrogen-bond donors (Lipinski definition) is 3. The van der Waals surface area contributed by atoms with Crippen LogP contribution in [0.2, 0.25) is 0 Å². The molecule has 3 N–H and O–H groups in total. The number of rotatable bonds is 7. The molecular weight excluding hydrogens is 522 g/mol. The Balaban J connectivity index is 1.24. The quantitative estimate of drug-likeness (QED) is 0.198. The molecule has 4 aromatic carbocycles. The SMILES string of the molecule is CCc1cc(NC(=O)Cc2ccccc2)cc(-c2ccc3[nH]nc(-c4nc5c(-n6cnc(C)c6)cccc5[nH]4)c3c2)c1. The predicted molar refractivity (Wildman–Crippen MR) is 167 cm³/mol. The van der Waals surface area contributed by atoms with Gasteiger partial charge >= 0.3 is 0 Å². The van der Waals surface area contributed by atoms with Gasteiger partial charge in [-0.25, -0.2) is 9.97 Å². The smallest absolute Gasteiger partial charge is 0.228 e. The molecule has 0 atom stereocenters. The molecule has 0 fully saturated rings. The van der Waals surface area contributed by atoms with Crippen molar-refractivity contribution in [2.75, 3.05) is 5.32 Å². The molecule has 42 heavy (non-hydrogen) atoms. The number of aryl methyl sites for hydroxylation is 2. The fourth-order valence-corrected chi connectivity index (χ4v) is 5.39. The molecule has 0 bridgehead atoms. The first kappa shape index (κ1) is 25.5. The first-order chi connectivity index (χ1) is 20.5. The van der Waals surface area contributed by atoms with E-state index in [0.717, 1.165) is 73.4 Å². The van der Waals surface area contributed by atoms with Crippen LogP contribution in [0, 0.1) is 6.92 Å². The van der Waals surface area contributed by atoms with Gasteiger partial charge in [0, 0.05) is 17.3 Å². The molecule has 0 spiro atoms. The van der Waals surface area contributed by atoms with Crippen LogP contribution in [-0.4, -0.2) is 35.6 Å². The van der Waals surface area contributed by atoms with Crippen molar-refractivity contribution in [3.8, 4) is 28.3 Å². The molecule has 3 heterocycles. The van der Waals surface area contributed by atoms with Gasteiger partial charge in [0.1, 0.15) is 11.2 Å². The molecule has 0 saturated heterocycles. The highest BCUT2D eigenvalue weighted by Gasteiger charge is 2.16. The van der Waals surface area contributed by atoms with Gasteiger partial charge < -0.3 is 14.9 Å². The number of aromatic amines is 2. The van der Waals surface area contributed by atoms with Gasteiger partial charge in [-0.3, -0.25) is 9.89 Å². The van der Waals surface area contributed by atoms with Gasteiger partial charge in [0.25, 0.3) is 0 Å². The van der Waals surface area contributed by atoms with Gasteiger partial charge in [-0.1, -0.05) is 55.5 Å². The number of fused-ring (bicyclic) bond motifs is 2. The Morgan fingerprint density at radius 3 is 2.60 bits per heavy atom. The first-order valence-electron chi connectivity index (χ1n) is 14.0. The molecular formula is C34H29N7O. The lowest BCUT2D eigenvalue weighted by atomic mass is 9.99. The molecule has 8 nitrogen and oxygen atoms in total. The third kappa shape index (κ3) is 4.83. The minimum atomic E-state index is -0.0388. The second-order valence-electron chi connectivity index (χ2n) is 10.5. The van der Waals surface area contributed by atoms with E-state index in [1.165, 1.54) is 0 Å². The second kappa shape index (κ2) is 10.5.